The van der Waals surface area contributed by atoms with Crippen molar-refractivity contribution in [1.29, 1.82) is 0 Å². The fourth-order valence-electron chi connectivity index (χ4n) is 4.09. The number of carbonyl (C=O) groups is 1. The summed E-state index contributed by atoms with van der Waals surface area (Å²) in [6.07, 6.45) is 0.808. The largest absolute Gasteiger partial charge is 0.338 e. The fourth-order valence-corrected chi connectivity index (χ4v) is 4.09. The van der Waals surface area contributed by atoms with Crippen molar-refractivity contribution in [1.82, 2.24) is 15.0 Å². The van der Waals surface area contributed by atoms with Gasteiger partial charge in [0.1, 0.15) is 11.5 Å². The third-order valence-corrected chi connectivity index (χ3v) is 6.11. The van der Waals surface area contributed by atoms with Gasteiger partial charge in [0.25, 0.3) is 0 Å². The number of halogens is 1. The fraction of sp³-hybridized carbons (Fsp3) is 0.385. The number of nitrogens with one attached hydrogen (secondary N) is 1. The molecule has 1 N–H and O–H groups in total. The third-order valence-electron chi connectivity index (χ3n) is 6.11. The first kappa shape index (κ1) is 23.8. The molecule has 0 atom stereocenters. The van der Waals surface area contributed by atoms with Gasteiger partial charge < -0.3 is 24.5 Å². The highest BCUT2D eigenvalue weighted by Crippen LogP contribution is 2.33. The van der Waals surface area contributed by atoms with Crippen molar-refractivity contribution >= 4 is 17.6 Å². The van der Waals surface area contributed by atoms with Crippen LogP contribution >= 0.6 is 0 Å². The van der Waals surface area contributed by atoms with Gasteiger partial charge in [-0.15, -0.1) is 0 Å². The molecule has 2 heterocycles. The van der Waals surface area contributed by atoms with Crippen molar-refractivity contribution in [3.05, 3.63) is 65.5 Å². The van der Waals surface area contributed by atoms with Gasteiger partial charge in [-0.3, -0.25) is 0 Å². The Morgan fingerprint density at radius 3 is 2.41 bits per heavy atom. The highest BCUT2D eigenvalue weighted by Gasteiger charge is 2.27. The molecule has 0 unspecified atom stereocenters. The molecule has 0 aliphatic carbocycles. The number of piperazine rings is 1. The molecule has 1 aliphatic heterocycles. The molecule has 1 saturated heterocycles. The molecule has 7 nitrogen and oxygen atoms in total. The normalized spacial score (nSPS) is 14.3. The molecule has 0 spiro atoms. The summed E-state index contributed by atoms with van der Waals surface area (Å²) < 4.78 is 19.4. The minimum absolute atomic E-state index is 0.179. The van der Waals surface area contributed by atoms with Crippen LogP contribution in [0.5, 0.6) is 0 Å². The lowest BCUT2D eigenvalue weighted by atomic mass is 10.1. The molecule has 2 aromatic carbocycles. The maximum atomic E-state index is 13.6. The zero-order chi connectivity index (χ0) is 24.1. The number of aryl methyl sites for hydroxylation is 1. The highest BCUT2D eigenvalue weighted by molar-refractivity contribution is 5.89. The van der Waals surface area contributed by atoms with Gasteiger partial charge in [0.2, 0.25) is 5.88 Å². The molecular formula is C26H32FN5O2. The van der Waals surface area contributed by atoms with Gasteiger partial charge in [-0.1, -0.05) is 29.8 Å². The van der Waals surface area contributed by atoms with E-state index in [2.05, 4.69) is 27.3 Å². The second-order valence-corrected chi connectivity index (χ2v) is 8.83. The zero-order valence-corrected chi connectivity index (χ0v) is 20.1. The van der Waals surface area contributed by atoms with Crippen molar-refractivity contribution in [2.24, 2.45) is 0 Å². The van der Waals surface area contributed by atoms with E-state index in [-0.39, 0.29) is 11.8 Å². The number of benzene rings is 2. The number of anilines is 2. The zero-order valence-electron chi connectivity index (χ0n) is 20.1. The Balaban J connectivity index is 1.64. The number of amides is 2. The third kappa shape index (κ3) is 5.56. The van der Waals surface area contributed by atoms with Gasteiger partial charge in [0.15, 0.2) is 0 Å². The average Bonchev–Trinajstić information content (AvgIpc) is 3.24. The number of nitrogens with zero attached hydrogens (tertiary/aromatic N) is 4. The van der Waals surface area contributed by atoms with Gasteiger partial charge >= 0.3 is 6.03 Å². The predicted octanol–water partition coefficient (Wildman–Crippen LogP) is 4.99. The lowest BCUT2D eigenvalue weighted by Gasteiger charge is -2.33. The van der Waals surface area contributed by atoms with Gasteiger partial charge in [-0.05, 0) is 56.8 Å². The smallest absolute Gasteiger partial charge is 0.322 e. The maximum absolute atomic E-state index is 13.6. The summed E-state index contributed by atoms with van der Waals surface area (Å²) in [5.74, 6) is 0.370. The summed E-state index contributed by atoms with van der Waals surface area (Å²) in [7, 11) is 2.10. The Labute approximate surface area is 200 Å². The van der Waals surface area contributed by atoms with Crippen LogP contribution in [0.1, 0.15) is 24.5 Å². The molecule has 34 heavy (non-hydrogen) atoms. The first-order valence-electron chi connectivity index (χ1n) is 11.7. The first-order chi connectivity index (χ1) is 16.4. The van der Waals surface area contributed by atoms with E-state index in [1.807, 2.05) is 38.1 Å². The molecular weight excluding hydrogens is 433 g/mol. The summed E-state index contributed by atoms with van der Waals surface area (Å²) in [4.78, 5) is 19.5. The standard InChI is InChI=1S/C26H32FN5O2/c1-4-13-32(26(33)28-22-11-5-19(2)6-12-22)18-23-24(20-7-9-21(27)10-8-20)29-34-25(23)31-16-14-30(3)15-17-31/h5-12H,4,13-18H2,1-3H3,(H,28,33). The Hall–Kier alpha value is -3.39. The number of rotatable bonds is 7. The Kier molecular flexibility index (Phi) is 7.47. The molecule has 8 heteroatoms. The summed E-state index contributed by atoms with van der Waals surface area (Å²) in [6, 6.07) is 13.8. The molecule has 4 rings (SSSR count). The molecule has 3 aromatic rings. The van der Waals surface area contributed by atoms with E-state index in [0.717, 1.165) is 55.0 Å². The number of likely N-dealkylation sites (N-methyl/N-ethyl adjacent to an activating group) is 1. The second kappa shape index (κ2) is 10.7. The van der Waals surface area contributed by atoms with Gasteiger partial charge in [0.05, 0.1) is 12.1 Å². The van der Waals surface area contributed by atoms with E-state index in [1.54, 1.807) is 17.0 Å². The van der Waals surface area contributed by atoms with Crippen LogP contribution in [0, 0.1) is 12.7 Å². The van der Waals surface area contributed by atoms with Crippen LogP contribution in [0.3, 0.4) is 0 Å². The van der Waals surface area contributed by atoms with Crippen molar-refractivity contribution in [3.8, 4) is 11.3 Å². The monoisotopic (exact) mass is 465 g/mol. The van der Waals surface area contributed by atoms with Crippen LogP contribution in [-0.4, -0.2) is 60.8 Å². The van der Waals surface area contributed by atoms with Crippen molar-refractivity contribution in [2.75, 3.05) is 50.0 Å². The number of hydrogen-bond acceptors (Lipinski definition) is 5. The Bertz CT molecular complexity index is 1090. The number of urea groups is 1. The van der Waals surface area contributed by atoms with Gasteiger partial charge in [0, 0.05) is 44.0 Å². The van der Waals surface area contributed by atoms with Crippen molar-refractivity contribution < 1.29 is 13.7 Å². The van der Waals surface area contributed by atoms with Crippen LogP contribution in [0.2, 0.25) is 0 Å². The molecule has 2 amide bonds. The molecule has 0 saturated carbocycles. The Morgan fingerprint density at radius 2 is 1.76 bits per heavy atom. The number of carbonyl (C=O) groups excluding carboxylic acids is 1. The number of aromatic nitrogens is 1. The van der Waals surface area contributed by atoms with Crippen LogP contribution in [0.25, 0.3) is 11.3 Å². The van der Waals surface area contributed by atoms with Crippen LogP contribution in [0.4, 0.5) is 20.8 Å². The molecule has 1 aromatic heterocycles. The molecule has 0 bridgehead atoms. The van der Waals surface area contributed by atoms with E-state index < -0.39 is 0 Å². The summed E-state index contributed by atoms with van der Waals surface area (Å²) >= 11 is 0. The van der Waals surface area contributed by atoms with Crippen LogP contribution < -0.4 is 10.2 Å². The minimum Gasteiger partial charge on any atom is -0.338 e. The first-order valence-corrected chi connectivity index (χ1v) is 11.7. The van der Waals surface area contributed by atoms with Crippen molar-refractivity contribution in [3.63, 3.8) is 0 Å². The topological polar surface area (TPSA) is 64.9 Å². The van der Waals surface area contributed by atoms with Gasteiger partial charge in [-0.25, -0.2) is 9.18 Å². The Morgan fingerprint density at radius 1 is 1.09 bits per heavy atom. The second-order valence-electron chi connectivity index (χ2n) is 8.83. The molecule has 180 valence electrons. The lowest BCUT2D eigenvalue weighted by molar-refractivity contribution is 0.209. The predicted molar refractivity (Wildman–Crippen MR) is 133 cm³/mol. The lowest BCUT2D eigenvalue weighted by Crippen LogP contribution is -2.45. The van der Waals surface area contributed by atoms with Crippen LogP contribution in [-0.2, 0) is 6.54 Å². The molecule has 1 fully saturated rings. The van der Waals surface area contributed by atoms with Crippen LogP contribution in [0.15, 0.2) is 53.1 Å². The SMILES string of the molecule is CCCN(Cc1c(-c2ccc(F)cc2)noc1N1CCN(C)CC1)C(=O)Nc1ccc(C)cc1. The average molecular weight is 466 g/mol. The quantitative estimate of drug-likeness (QED) is 0.533. The summed E-state index contributed by atoms with van der Waals surface area (Å²) in [6.45, 7) is 8.42. The maximum Gasteiger partial charge on any atom is 0.322 e. The van der Waals surface area contributed by atoms with E-state index in [0.29, 0.717) is 24.7 Å². The van der Waals surface area contributed by atoms with Gasteiger partial charge in [-0.2, -0.15) is 0 Å². The van der Waals surface area contributed by atoms with Crippen molar-refractivity contribution in [2.45, 2.75) is 26.8 Å². The van der Waals surface area contributed by atoms with E-state index in [9.17, 15) is 9.18 Å². The molecule has 0 radical (unpaired) electrons. The number of hydrogen-bond donors (Lipinski definition) is 1. The highest BCUT2D eigenvalue weighted by atomic mass is 19.1. The summed E-state index contributed by atoms with van der Waals surface area (Å²) in [5, 5.41) is 7.37. The minimum atomic E-state index is -0.307. The van der Waals surface area contributed by atoms with E-state index in [4.69, 9.17) is 4.52 Å². The molecule has 1 aliphatic rings. The van der Waals surface area contributed by atoms with E-state index in [1.165, 1.54) is 12.1 Å². The van der Waals surface area contributed by atoms with E-state index >= 15 is 0 Å². The summed E-state index contributed by atoms with van der Waals surface area (Å²) in [5.41, 5.74) is 4.12.